The molecule has 4 nitrogen and oxygen atoms in total. The van der Waals surface area contributed by atoms with Crippen LogP contribution in [0, 0.1) is 5.82 Å². The van der Waals surface area contributed by atoms with Gasteiger partial charge in [0.05, 0.1) is 18.2 Å². The number of rotatable bonds is 3. The van der Waals surface area contributed by atoms with Crippen LogP contribution in [0.25, 0.3) is 0 Å². The molecule has 2 N–H and O–H groups in total. The Morgan fingerprint density at radius 2 is 2.00 bits per heavy atom. The second-order valence-electron chi connectivity index (χ2n) is 5.98. The summed E-state index contributed by atoms with van der Waals surface area (Å²) in [6.07, 6.45) is -4.51. The molecule has 0 radical (unpaired) electrons. The maximum atomic E-state index is 14.3. The van der Waals surface area contributed by atoms with Gasteiger partial charge in [-0.3, -0.25) is 0 Å². The molecule has 1 saturated carbocycles. The van der Waals surface area contributed by atoms with Gasteiger partial charge in [0.15, 0.2) is 0 Å². The number of hydrogen-bond acceptors (Lipinski definition) is 3. The third kappa shape index (κ3) is 2.87. The first kappa shape index (κ1) is 16.0. The number of alkyl carbamates (subject to hydrolysis) is 1. The quantitative estimate of drug-likeness (QED) is 0.837. The third-order valence-corrected chi connectivity index (χ3v) is 4.46. The Morgan fingerprint density at radius 1 is 1.35 bits per heavy atom. The van der Waals surface area contributed by atoms with Crippen LogP contribution in [0.15, 0.2) is 12.1 Å². The van der Waals surface area contributed by atoms with Gasteiger partial charge in [0.1, 0.15) is 5.82 Å². The highest BCUT2D eigenvalue weighted by Gasteiger charge is 2.48. The van der Waals surface area contributed by atoms with Crippen molar-refractivity contribution in [3.05, 3.63) is 34.6 Å². The standard InChI is InChI=1S/C15H16F4N2O2/c1-23-13(22)21-14(2-3-14)9-4-10(8-6-20-7-8)12(16)11(5-9)15(17,18)19/h4-5,8,20H,2-3,6-7H2,1H3,(H,21,22). The first-order chi connectivity index (χ1) is 10.8. The molecule has 1 aromatic rings. The van der Waals surface area contributed by atoms with Gasteiger partial charge in [-0.2, -0.15) is 13.2 Å². The largest absolute Gasteiger partial charge is 0.453 e. The first-order valence-corrected chi connectivity index (χ1v) is 7.25. The molecule has 23 heavy (non-hydrogen) atoms. The summed E-state index contributed by atoms with van der Waals surface area (Å²) in [6, 6.07) is 2.24. The van der Waals surface area contributed by atoms with Crippen molar-refractivity contribution in [2.45, 2.75) is 30.5 Å². The molecule has 0 bridgehead atoms. The Labute approximate surface area is 130 Å². The Kier molecular flexibility index (Phi) is 3.74. The van der Waals surface area contributed by atoms with E-state index in [0.717, 1.165) is 6.07 Å². The molecule has 1 aliphatic heterocycles. The van der Waals surface area contributed by atoms with Gasteiger partial charge in [-0.15, -0.1) is 0 Å². The molecule has 0 spiro atoms. The predicted molar refractivity (Wildman–Crippen MR) is 73.5 cm³/mol. The molecule has 8 heteroatoms. The number of alkyl halides is 3. The average Bonchev–Trinajstić information content (AvgIpc) is 3.18. The van der Waals surface area contributed by atoms with E-state index in [9.17, 15) is 22.4 Å². The SMILES string of the molecule is COC(=O)NC1(c2cc(C3CNC3)c(F)c(C(F)(F)F)c2)CC1. The summed E-state index contributed by atoms with van der Waals surface area (Å²) in [5.74, 6) is -1.51. The molecule has 126 valence electrons. The maximum absolute atomic E-state index is 14.3. The highest BCUT2D eigenvalue weighted by molar-refractivity contribution is 5.69. The normalized spacial score (nSPS) is 19.9. The lowest BCUT2D eigenvalue weighted by atomic mass is 9.88. The number of amides is 1. The topological polar surface area (TPSA) is 50.4 Å². The van der Waals surface area contributed by atoms with E-state index in [1.54, 1.807) is 0 Å². The smallest absolute Gasteiger partial charge is 0.419 e. The van der Waals surface area contributed by atoms with E-state index >= 15 is 0 Å². The summed E-state index contributed by atoms with van der Waals surface area (Å²) >= 11 is 0. The van der Waals surface area contributed by atoms with Gasteiger partial charge in [0, 0.05) is 19.0 Å². The van der Waals surface area contributed by atoms with Crippen LogP contribution in [0.3, 0.4) is 0 Å². The summed E-state index contributed by atoms with van der Waals surface area (Å²) in [4.78, 5) is 11.4. The van der Waals surface area contributed by atoms with Crippen molar-refractivity contribution >= 4 is 6.09 Å². The van der Waals surface area contributed by atoms with E-state index < -0.39 is 29.2 Å². The van der Waals surface area contributed by atoms with Gasteiger partial charge in [-0.25, -0.2) is 9.18 Å². The molecule has 2 aliphatic rings. The number of halogens is 4. The van der Waals surface area contributed by atoms with E-state index in [0.29, 0.717) is 25.9 Å². The van der Waals surface area contributed by atoms with Crippen molar-refractivity contribution in [2.24, 2.45) is 0 Å². The van der Waals surface area contributed by atoms with Crippen molar-refractivity contribution < 1.29 is 27.1 Å². The van der Waals surface area contributed by atoms with Gasteiger partial charge in [-0.05, 0) is 30.0 Å². The van der Waals surface area contributed by atoms with Gasteiger partial charge in [0.2, 0.25) is 0 Å². The molecular weight excluding hydrogens is 316 g/mol. The van der Waals surface area contributed by atoms with Crippen molar-refractivity contribution in [1.29, 1.82) is 0 Å². The highest BCUT2D eigenvalue weighted by Crippen LogP contribution is 2.48. The Bertz CT molecular complexity index is 637. The lowest BCUT2D eigenvalue weighted by Crippen LogP contribution is -2.41. The Hall–Kier alpha value is -1.83. The van der Waals surface area contributed by atoms with Crippen LogP contribution in [-0.2, 0) is 16.5 Å². The number of benzene rings is 1. The molecular formula is C15H16F4N2O2. The highest BCUT2D eigenvalue weighted by atomic mass is 19.4. The molecule has 1 heterocycles. The molecule has 3 rings (SSSR count). The van der Waals surface area contributed by atoms with Crippen LogP contribution in [0.2, 0.25) is 0 Å². The van der Waals surface area contributed by atoms with Gasteiger partial charge in [0.25, 0.3) is 0 Å². The summed E-state index contributed by atoms with van der Waals surface area (Å²) in [5.41, 5.74) is -1.85. The fourth-order valence-electron chi connectivity index (χ4n) is 2.79. The molecule has 1 amide bonds. The fraction of sp³-hybridized carbons (Fsp3) is 0.533. The zero-order chi connectivity index (χ0) is 16.8. The van der Waals surface area contributed by atoms with Crippen LogP contribution in [-0.4, -0.2) is 26.3 Å². The Morgan fingerprint density at radius 3 is 2.43 bits per heavy atom. The molecule has 1 saturated heterocycles. The first-order valence-electron chi connectivity index (χ1n) is 7.25. The van der Waals surface area contributed by atoms with E-state index in [2.05, 4.69) is 15.4 Å². The lowest BCUT2D eigenvalue weighted by molar-refractivity contribution is -0.140. The number of carbonyl (C=O) groups excluding carboxylic acids is 1. The van der Waals surface area contributed by atoms with Crippen molar-refractivity contribution in [3.63, 3.8) is 0 Å². The number of hydrogen-bond donors (Lipinski definition) is 2. The number of ether oxygens (including phenoxy) is 1. The van der Waals surface area contributed by atoms with Crippen molar-refractivity contribution in [1.82, 2.24) is 10.6 Å². The number of methoxy groups -OCH3 is 1. The van der Waals surface area contributed by atoms with Gasteiger partial charge >= 0.3 is 12.3 Å². The summed E-state index contributed by atoms with van der Waals surface area (Å²) in [6.45, 7) is 0.879. The lowest BCUT2D eigenvalue weighted by Gasteiger charge is -2.30. The van der Waals surface area contributed by atoms with Crippen LogP contribution < -0.4 is 10.6 Å². The maximum Gasteiger partial charge on any atom is 0.419 e. The molecule has 1 aliphatic carbocycles. The van der Waals surface area contributed by atoms with Crippen molar-refractivity contribution in [2.75, 3.05) is 20.2 Å². The minimum atomic E-state index is -4.78. The summed E-state index contributed by atoms with van der Waals surface area (Å²) in [5, 5.41) is 5.49. The fourth-order valence-corrected chi connectivity index (χ4v) is 2.79. The van der Waals surface area contributed by atoms with Gasteiger partial charge < -0.3 is 15.4 Å². The molecule has 1 aromatic carbocycles. The van der Waals surface area contributed by atoms with E-state index in [4.69, 9.17) is 0 Å². The minimum Gasteiger partial charge on any atom is -0.453 e. The van der Waals surface area contributed by atoms with Crippen LogP contribution in [0.5, 0.6) is 0 Å². The summed E-state index contributed by atoms with van der Waals surface area (Å²) in [7, 11) is 1.18. The minimum absolute atomic E-state index is 0.0477. The molecule has 2 fully saturated rings. The second-order valence-corrected chi connectivity index (χ2v) is 5.98. The molecule has 0 aromatic heterocycles. The van der Waals surface area contributed by atoms with E-state index in [-0.39, 0.29) is 17.0 Å². The van der Waals surface area contributed by atoms with Crippen LogP contribution in [0.4, 0.5) is 22.4 Å². The molecule has 0 atom stereocenters. The monoisotopic (exact) mass is 332 g/mol. The van der Waals surface area contributed by atoms with Crippen molar-refractivity contribution in [3.8, 4) is 0 Å². The van der Waals surface area contributed by atoms with E-state index in [1.165, 1.54) is 13.2 Å². The number of carbonyl (C=O) groups is 1. The van der Waals surface area contributed by atoms with Crippen LogP contribution in [0.1, 0.15) is 35.4 Å². The zero-order valence-corrected chi connectivity index (χ0v) is 12.4. The third-order valence-electron chi connectivity index (χ3n) is 4.46. The molecule has 0 unspecified atom stereocenters. The number of nitrogens with one attached hydrogen (secondary N) is 2. The Balaban J connectivity index is 2.05. The van der Waals surface area contributed by atoms with Crippen LogP contribution >= 0.6 is 0 Å². The summed E-state index contributed by atoms with van der Waals surface area (Å²) < 4.78 is 58.3. The predicted octanol–water partition coefficient (Wildman–Crippen LogP) is 2.88. The van der Waals surface area contributed by atoms with E-state index in [1.807, 2.05) is 0 Å². The zero-order valence-electron chi connectivity index (χ0n) is 12.4. The second kappa shape index (κ2) is 5.36. The van der Waals surface area contributed by atoms with Gasteiger partial charge in [-0.1, -0.05) is 6.07 Å². The average molecular weight is 332 g/mol.